The van der Waals surface area contributed by atoms with Crippen LogP contribution < -0.4 is 4.74 Å². The highest BCUT2D eigenvalue weighted by Gasteiger charge is 2.09. The Balaban J connectivity index is 1.75. The van der Waals surface area contributed by atoms with Crippen LogP contribution in [-0.2, 0) is 0 Å². The van der Waals surface area contributed by atoms with Gasteiger partial charge in [-0.3, -0.25) is 9.69 Å². The molecule has 17 heavy (non-hydrogen) atoms. The Hall–Kier alpha value is -1.35. The van der Waals surface area contributed by atoms with Crippen LogP contribution >= 0.6 is 0 Å². The van der Waals surface area contributed by atoms with Crippen LogP contribution in [0, 0.1) is 0 Å². The molecular formula is C14H19NO2. The van der Waals surface area contributed by atoms with E-state index in [1.54, 1.807) is 12.1 Å². The van der Waals surface area contributed by atoms with Crippen LogP contribution in [0.2, 0.25) is 0 Å². The predicted octanol–water partition coefficient (Wildman–Crippen LogP) is 2.36. The molecule has 92 valence electrons. The van der Waals surface area contributed by atoms with Gasteiger partial charge in [-0.05, 0) is 38.1 Å². The van der Waals surface area contributed by atoms with Crippen LogP contribution in [-0.4, -0.2) is 37.4 Å². The quantitative estimate of drug-likeness (QED) is 0.731. The van der Waals surface area contributed by atoms with Crippen LogP contribution in [0.1, 0.15) is 29.6 Å². The lowest BCUT2D eigenvalue weighted by Gasteiger charge is -2.26. The van der Waals surface area contributed by atoms with Gasteiger partial charge in [0.25, 0.3) is 0 Å². The van der Waals surface area contributed by atoms with E-state index in [-0.39, 0.29) is 0 Å². The summed E-state index contributed by atoms with van der Waals surface area (Å²) in [7, 11) is 0. The van der Waals surface area contributed by atoms with E-state index in [0.29, 0.717) is 12.2 Å². The number of aldehydes is 1. The maximum absolute atomic E-state index is 10.6. The molecule has 0 spiro atoms. The van der Waals surface area contributed by atoms with E-state index >= 15 is 0 Å². The first kappa shape index (κ1) is 12.1. The zero-order valence-corrected chi connectivity index (χ0v) is 10.1. The number of carbonyl (C=O) groups is 1. The van der Waals surface area contributed by atoms with Crippen LogP contribution in [0.5, 0.6) is 5.75 Å². The Bertz CT molecular complexity index is 359. The van der Waals surface area contributed by atoms with Crippen molar-refractivity contribution in [3.63, 3.8) is 0 Å². The van der Waals surface area contributed by atoms with Crippen molar-refractivity contribution in [2.24, 2.45) is 0 Å². The number of carbonyl (C=O) groups excluding carboxylic acids is 1. The topological polar surface area (TPSA) is 29.5 Å². The molecule has 0 saturated carbocycles. The molecule has 1 aromatic carbocycles. The second-order valence-electron chi connectivity index (χ2n) is 4.44. The van der Waals surface area contributed by atoms with E-state index in [2.05, 4.69) is 4.90 Å². The first-order valence-electron chi connectivity index (χ1n) is 6.29. The summed E-state index contributed by atoms with van der Waals surface area (Å²) >= 11 is 0. The van der Waals surface area contributed by atoms with E-state index in [4.69, 9.17) is 4.74 Å². The van der Waals surface area contributed by atoms with E-state index in [9.17, 15) is 4.79 Å². The SMILES string of the molecule is O=Cc1cccc(OCCN2CCCCC2)c1. The number of piperidine rings is 1. The molecule has 3 heteroatoms. The van der Waals surface area contributed by atoms with E-state index in [1.807, 2.05) is 12.1 Å². The van der Waals surface area contributed by atoms with Crippen molar-refractivity contribution >= 4 is 6.29 Å². The van der Waals surface area contributed by atoms with Gasteiger partial charge in [0.1, 0.15) is 18.6 Å². The first-order valence-corrected chi connectivity index (χ1v) is 6.29. The van der Waals surface area contributed by atoms with Crippen molar-refractivity contribution < 1.29 is 9.53 Å². The van der Waals surface area contributed by atoms with E-state index in [0.717, 1.165) is 18.6 Å². The minimum absolute atomic E-state index is 0.667. The highest BCUT2D eigenvalue weighted by atomic mass is 16.5. The normalized spacial score (nSPS) is 16.7. The van der Waals surface area contributed by atoms with Gasteiger partial charge in [-0.2, -0.15) is 0 Å². The zero-order valence-electron chi connectivity index (χ0n) is 10.1. The molecular weight excluding hydrogens is 214 g/mol. The van der Waals surface area contributed by atoms with E-state index in [1.165, 1.54) is 32.4 Å². The highest BCUT2D eigenvalue weighted by Crippen LogP contribution is 2.12. The summed E-state index contributed by atoms with van der Waals surface area (Å²) in [5.74, 6) is 0.784. The number of ether oxygens (including phenoxy) is 1. The molecule has 3 nitrogen and oxygen atoms in total. The molecule has 0 aliphatic carbocycles. The van der Waals surface area contributed by atoms with E-state index < -0.39 is 0 Å². The molecule has 0 radical (unpaired) electrons. The molecule has 1 saturated heterocycles. The second-order valence-corrected chi connectivity index (χ2v) is 4.44. The van der Waals surface area contributed by atoms with Gasteiger partial charge in [-0.15, -0.1) is 0 Å². The highest BCUT2D eigenvalue weighted by molar-refractivity contribution is 5.75. The number of benzene rings is 1. The minimum atomic E-state index is 0.667. The van der Waals surface area contributed by atoms with Gasteiger partial charge in [0.05, 0.1) is 0 Å². The van der Waals surface area contributed by atoms with Gasteiger partial charge in [-0.25, -0.2) is 0 Å². The number of hydrogen-bond donors (Lipinski definition) is 0. The van der Waals surface area contributed by atoms with Crippen LogP contribution in [0.25, 0.3) is 0 Å². The fourth-order valence-electron chi connectivity index (χ4n) is 2.15. The lowest BCUT2D eigenvalue weighted by molar-refractivity contribution is 0.112. The maximum atomic E-state index is 10.6. The van der Waals surface area contributed by atoms with Gasteiger partial charge >= 0.3 is 0 Å². The molecule has 1 aromatic rings. The third-order valence-corrected chi connectivity index (χ3v) is 3.12. The molecule has 1 aliphatic rings. The molecule has 1 heterocycles. The van der Waals surface area contributed by atoms with Crippen molar-refractivity contribution in [1.29, 1.82) is 0 Å². The molecule has 2 rings (SSSR count). The summed E-state index contributed by atoms with van der Waals surface area (Å²) in [4.78, 5) is 13.1. The van der Waals surface area contributed by atoms with Gasteiger partial charge in [0, 0.05) is 12.1 Å². The monoisotopic (exact) mass is 233 g/mol. The third kappa shape index (κ3) is 3.86. The fourth-order valence-corrected chi connectivity index (χ4v) is 2.15. The summed E-state index contributed by atoms with van der Waals surface area (Å²) in [6.07, 6.45) is 4.82. The number of hydrogen-bond acceptors (Lipinski definition) is 3. The predicted molar refractivity (Wildman–Crippen MR) is 67.6 cm³/mol. The van der Waals surface area contributed by atoms with Crippen LogP contribution in [0.4, 0.5) is 0 Å². The zero-order chi connectivity index (χ0) is 11.9. The van der Waals surface area contributed by atoms with Gasteiger partial charge in [0.2, 0.25) is 0 Å². The standard InChI is InChI=1S/C14H19NO2/c16-12-13-5-4-6-14(11-13)17-10-9-15-7-2-1-3-8-15/h4-6,11-12H,1-3,7-10H2. The fraction of sp³-hybridized carbons (Fsp3) is 0.500. The second kappa shape index (κ2) is 6.40. The Morgan fingerprint density at radius 3 is 2.82 bits per heavy atom. The molecule has 0 aromatic heterocycles. The van der Waals surface area contributed by atoms with Crippen molar-refractivity contribution in [3.05, 3.63) is 29.8 Å². The summed E-state index contributed by atoms with van der Waals surface area (Å²) in [5.41, 5.74) is 0.667. The molecule has 0 unspecified atom stereocenters. The van der Waals surface area contributed by atoms with Crippen molar-refractivity contribution in [1.82, 2.24) is 4.90 Å². The smallest absolute Gasteiger partial charge is 0.150 e. The van der Waals surface area contributed by atoms with Gasteiger partial charge < -0.3 is 4.74 Å². The number of nitrogens with zero attached hydrogens (tertiary/aromatic N) is 1. The summed E-state index contributed by atoms with van der Waals surface area (Å²) in [6, 6.07) is 7.30. The van der Waals surface area contributed by atoms with Gasteiger partial charge in [-0.1, -0.05) is 18.6 Å². The summed E-state index contributed by atoms with van der Waals surface area (Å²) in [6.45, 7) is 4.06. The van der Waals surface area contributed by atoms with Crippen LogP contribution in [0.15, 0.2) is 24.3 Å². The minimum Gasteiger partial charge on any atom is -0.492 e. The van der Waals surface area contributed by atoms with Crippen LogP contribution in [0.3, 0.4) is 0 Å². The molecule has 0 amide bonds. The first-order chi connectivity index (χ1) is 8.38. The molecule has 1 aliphatic heterocycles. The lowest BCUT2D eigenvalue weighted by atomic mass is 10.1. The lowest BCUT2D eigenvalue weighted by Crippen LogP contribution is -2.33. The largest absolute Gasteiger partial charge is 0.492 e. The molecule has 0 atom stereocenters. The molecule has 1 fully saturated rings. The van der Waals surface area contributed by atoms with Crippen molar-refractivity contribution in [2.75, 3.05) is 26.2 Å². The summed E-state index contributed by atoms with van der Waals surface area (Å²) < 4.78 is 5.65. The average Bonchev–Trinajstić information content (AvgIpc) is 2.40. The van der Waals surface area contributed by atoms with Gasteiger partial charge in [0.15, 0.2) is 0 Å². The molecule has 0 bridgehead atoms. The maximum Gasteiger partial charge on any atom is 0.150 e. The Morgan fingerprint density at radius 2 is 2.06 bits per heavy atom. The van der Waals surface area contributed by atoms with Crippen molar-refractivity contribution in [2.45, 2.75) is 19.3 Å². The molecule has 0 N–H and O–H groups in total. The number of likely N-dealkylation sites (tertiary alicyclic amines) is 1. The summed E-state index contributed by atoms with van der Waals surface area (Å²) in [5, 5.41) is 0. The van der Waals surface area contributed by atoms with Crippen molar-refractivity contribution in [3.8, 4) is 5.75 Å². The Labute approximate surface area is 102 Å². The number of rotatable bonds is 5. The Kier molecular flexibility index (Phi) is 4.56. The Morgan fingerprint density at radius 1 is 1.24 bits per heavy atom. The third-order valence-electron chi connectivity index (χ3n) is 3.12. The average molecular weight is 233 g/mol.